The summed E-state index contributed by atoms with van der Waals surface area (Å²) in [6.07, 6.45) is 8.74. The van der Waals surface area contributed by atoms with Crippen LogP contribution in [-0.2, 0) is 5.11 Å². The Morgan fingerprint density at radius 1 is 0.833 bits per heavy atom. The van der Waals surface area contributed by atoms with Crippen molar-refractivity contribution in [3.8, 4) is 0 Å². The topological polar surface area (TPSA) is 19.9 Å². The van der Waals surface area contributed by atoms with E-state index in [4.69, 9.17) is 0 Å². The molecule has 0 aromatic rings. The maximum atomic E-state index is 11.2. The first-order valence-corrected chi connectivity index (χ1v) is 5.47. The first kappa shape index (κ1) is 12.0. The maximum Gasteiger partial charge on any atom is 0.0930 e. The highest BCUT2D eigenvalue weighted by Crippen LogP contribution is 2.10. The van der Waals surface area contributed by atoms with E-state index in [0.29, 0.717) is 0 Å². The van der Waals surface area contributed by atoms with Crippen molar-refractivity contribution in [3.63, 3.8) is 0 Å². The highest BCUT2D eigenvalue weighted by Gasteiger charge is 2.03. The van der Waals surface area contributed by atoms with Crippen molar-refractivity contribution in [2.75, 3.05) is 0 Å². The van der Waals surface area contributed by atoms with Crippen LogP contribution >= 0.6 is 0 Å². The molecule has 0 amide bonds. The number of hydrogen-bond donors (Lipinski definition) is 0. The SMILES string of the molecule is CCCCCCC([O])CCCC. The molecule has 0 saturated carbocycles. The predicted octanol–water partition coefficient (Wildman–Crippen LogP) is 3.95. The Bertz CT molecular complexity index is 81.1. The molecule has 0 aromatic heterocycles. The normalized spacial score (nSPS) is 13.2. The molecule has 0 rings (SSSR count). The first-order chi connectivity index (χ1) is 5.81. The molecule has 1 heteroatoms. The van der Waals surface area contributed by atoms with Crippen molar-refractivity contribution in [2.24, 2.45) is 0 Å². The lowest BCUT2D eigenvalue weighted by atomic mass is 10.1. The monoisotopic (exact) mass is 171 g/mol. The number of rotatable bonds is 8. The van der Waals surface area contributed by atoms with Crippen LogP contribution in [0.3, 0.4) is 0 Å². The van der Waals surface area contributed by atoms with E-state index < -0.39 is 0 Å². The molecular weight excluding hydrogens is 148 g/mol. The largest absolute Gasteiger partial charge is 0.233 e. The average molecular weight is 171 g/mol. The van der Waals surface area contributed by atoms with Crippen LogP contribution in [0, 0.1) is 0 Å². The van der Waals surface area contributed by atoms with Gasteiger partial charge in [0.15, 0.2) is 0 Å². The van der Waals surface area contributed by atoms with Crippen LogP contribution < -0.4 is 0 Å². The van der Waals surface area contributed by atoms with E-state index in [1.807, 2.05) is 0 Å². The smallest absolute Gasteiger partial charge is 0.0930 e. The molecule has 0 spiro atoms. The summed E-state index contributed by atoms with van der Waals surface area (Å²) >= 11 is 0. The second kappa shape index (κ2) is 9.05. The molecule has 0 aliphatic rings. The third-order valence-corrected chi connectivity index (χ3v) is 2.26. The average Bonchev–Trinajstić information content (AvgIpc) is 2.09. The summed E-state index contributed by atoms with van der Waals surface area (Å²) in [5.74, 6) is 0. The standard InChI is InChI=1S/C11H23O/c1-3-5-7-8-10-11(12)9-6-4-2/h11H,3-10H2,1-2H3. The fraction of sp³-hybridized carbons (Fsp3) is 1.00. The molecule has 73 valence electrons. The summed E-state index contributed by atoms with van der Waals surface area (Å²) < 4.78 is 0. The molecule has 0 fully saturated rings. The number of unbranched alkanes of at least 4 members (excludes halogenated alkanes) is 4. The highest BCUT2D eigenvalue weighted by molar-refractivity contribution is 4.55. The Labute approximate surface area is 77.2 Å². The van der Waals surface area contributed by atoms with Crippen molar-refractivity contribution in [2.45, 2.75) is 71.3 Å². The molecule has 0 bridgehead atoms. The van der Waals surface area contributed by atoms with Crippen molar-refractivity contribution in [1.29, 1.82) is 0 Å². The molecule has 0 aromatic carbocycles. The van der Waals surface area contributed by atoms with Gasteiger partial charge in [-0.1, -0.05) is 52.4 Å². The second-order valence-electron chi connectivity index (χ2n) is 3.61. The van der Waals surface area contributed by atoms with Gasteiger partial charge < -0.3 is 0 Å². The van der Waals surface area contributed by atoms with E-state index in [1.165, 1.54) is 19.3 Å². The summed E-state index contributed by atoms with van der Waals surface area (Å²) in [7, 11) is 0. The van der Waals surface area contributed by atoms with E-state index in [1.54, 1.807) is 0 Å². The van der Waals surface area contributed by atoms with Gasteiger partial charge in [-0.15, -0.1) is 0 Å². The fourth-order valence-electron chi connectivity index (χ4n) is 1.37. The zero-order valence-corrected chi connectivity index (χ0v) is 8.64. The second-order valence-corrected chi connectivity index (χ2v) is 3.61. The van der Waals surface area contributed by atoms with Gasteiger partial charge in [-0.05, 0) is 12.8 Å². The molecule has 0 aliphatic heterocycles. The first-order valence-electron chi connectivity index (χ1n) is 5.47. The Kier molecular flexibility index (Phi) is 9.02. The minimum Gasteiger partial charge on any atom is -0.233 e. The lowest BCUT2D eigenvalue weighted by molar-refractivity contribution is 0.0693. The Morgan fingerprint density at radius 3 is 2.00 bits per heavy atom. The molecule has 0 saturated heterocycles. The van der Waals surface area contributed by atoms with Gasteiger partial charge in [-0.3, -0.25) is 0 Å². The summed E-state index contributed by atoms with van der Waals surface area (Å²) in [5.41, 5.74) is 0. The van der Waals surface area contributed by atoms with Gasteiger partial charge in [0.25, 0.3) is 0 Å². The van der Waals surface area contributed by atoms with Gasteiger partial charge in [-0.25, -0.2) is 5.11 Å². The maximum absolute atomic E-state index is 11.2. The van der Waals surface area contributed by atoms with E-state index in [-0.39, 0.29) is 6.10 Å². The van der Waals surface area contributed by atoms with Gasteiger partial charge in [0.2, 0.25) is 0 Å². The van der Waals surface area contributed by atoms with Crippen molar-refractivity contribution in [3.05, 3.63) is 0 Å². The highest BCUT2D eigenvalue weighted by atomic mass is 16.3. The molecule has 0 aliphatic carbocycles. The molecule has 1 unspecified atom stereocenters. The van der Waals surface area contributed by atoms with Gasteiger partial charge in [0.1, 0.15) is 0 Å². The van der Waals surface area contributed by atoms with Gasteiger partial charge in [0, 0.05) is 0 Å². The Balaban J connectivity index is 3.02. The third kappa shape index (κ3) is 8.06. The summed E-state index contributed by atoms with van der Waals surface area (Å²) in [6.45, 7) is 4.34. The molecule has 1 atom stereocenters. The summed E-state index contributed by atoms with van der Waals surface area (Å²) in [4.78, 5) is 0. The van der Waals surface area contributed by atoms with Crippen LogP contribution in [0.2, 0.25) is 0 Å². The van der Waals surface area contributed by atoms with E-state index >= 15 is 0 Å². The van der Waals surface area contributed by atoms with Crippen LogP contribution in [0.15, 0.2) is 0 Å². The molecule has 0 N–H and O–H groups in total. The van der Waals surface area contributed by atoms with Crippen molar-refractivity contribution in [1.82, 2.24) is 0 Å². The zero-order chi connectivity index (χ0) is 9.23. The number of hydrogen-bond acceptors (Lipinski definition) is 0. The minimum atomic E-state index is -0.276. The van der Waals surface area contributed by atoms with E-state index in [0.717, 1.165) is 32.1 Å². The Hall–Kier alpha value is -0.0400. The fourth-order valence-corrected chi connectivity index (χ4v) is 1.37. The third-order valence-electron chi connectivity index (χ3n) is 2.26. The van der Waals surface area contributed by atoms with Gasteiger partial charge in [-0.2, -0.15) is 0 Å². The quantitative estimate of drug-likeness (QED) is 0.493. The van der Waals surface area contributed by atoms with Crippen molar-refractivity contribution < 1.29 is 5.11 Å². The van der Waals surface area contributed by atoms with Gasteiger partial charge >= 0.3 is 0 Å². The predicted molar refractivity (Wildman–Crippen MR) is 52.8 cm³/mol. The molecule has 12 heavy (non-hydrogen) atoms. The molecule has 1 radical (unpaired) electrons. The summed E-state index contributed by atoms with van der Waals surface area (Å²) in [6, 6.07) is 0. The lowest BCUT2D eigenvalue weighted by Gasteiger charge is -2.06. The van der Waals surface area contributed by atoms with Crippen LogP contribution in [0.25, 0.3) is 0 Å². The van der Waals surface area contributed by atoms with E-state index in [9.17, 15) is 5.11 Å². The minimum absolute atomic E-state index is 0.276. The molecule has 1 nitrogen and oxygen atoms in total. The zero-order valence-electron chi connectivity index (χ0n) is 8.64. The summed E-state index contributed by atoms with van der Waals surface area (Å²) in [5, 5.41) is 11.2. The molecular formula is C11H23O. The van der Waals surface area contributed by atoms with E-state index in [2.05, 4.69) is 13.8 Å². The van der Waals surface area contributed by atoms with Crippen LogP contribution in [0.5, 0.6) is 0 Å². The lowest BCUT2D eigenvalue weighted by Crippen LogP contribution is -2.03. The van der Waals surface area contributed by atoms with Crippen LogP contribution in [0.1, 0.15) is 65.2 Å². The Morgan fingerprint density at radius 2 is 1.42 bits per heavy atom. The molecule has 0 heterocycles. The van der Waals surface area contributed by atoms with Gasteiger partial charge in [0.05, 0.1) is 6.10 Å². The van der Waals surface area contributed by atoms with Crippen LogP contribution in [0.4, 0.5) is 0 Å². The van der Waals surface area contributed by atoms with Crippen LogP contribution in [-0.4, -0.2) is 6.10 Å². The van der Waals surface area contributed by atoms with Crippen molar-refractivity contribution >= 4 is 0 Å².